The van der Waals surface area contributed by atoms with Crippen LogP contribution < -0.4 is 0 Å². The van der Waals surface area contributed by atoms with Crippen molar-refractivity contribution in [3.63, 3.8) is 0 Å². The molecule has 0 saturated heterocycles. The zero-order valence-electron chi connectivity index (χ0n) is 19.3. The van der Waals surface area contributed by atoms with Gasteiger partial charge in [-0.1, -0.05) is 53.5 Å². The van der Waals surface area contributed by atoms with Crippen molar-refractivity contribution in [3.8, 4) is 0 Å². The maximum atomic E-state index is 13.5. The maximum absolute atomic E-state index is 13.5. The van der Waals surface area contributed by atoms with Crippen molar-refractivity contribution < 1.29 is 14.3 Å². The summed E-state index contributed by atoms with van der Waals surface area (Å²) in [7, 11) is 1.61. The average Bonchev–Trinajstić information content (AvgIpc) is 3.24. The smallest absolute Gasteiger partial charge is 0.254 e. The van der Waals surface area contributed by atoms with E-state index in [0.717, 1.165) is 10.4 Å². The van der Waals surface area contributed by atoms with Gasteiger partial charge in [-0.15, -0.1) is 11.3 Å². The number of hydrogen-bond donors (Lipinski definition) is 0. The first-order valence-electron chi connectivity index (χ1n) is 11.0. The number of aryl methyl sites for hydroxylation is 1. The second kappa shape index (κ2) is 12.9. The lowest BCUT2D eigenvalue weighted by Crippen LogP contribution is -2.43. The Morgan fingerprint density at radius 1 is 0.941 bits per heavy atom. The molecule has 1 heterocycles. The highest BCUT2D eigenvalue weighted by Gasteiger charge is 2.23. The summed E-state index contributed by atoms with van der Waals surface area (Å²) < 4.78 is 5.15. The minimum Gasteiger partial charge on any atom is -0.385 e. The Morgan fingerprint density at radius 3 is 2.35 bits per heavy atom. The van der Waals surface area contributed by atoms with Crippen LogP contribution in [-0.2, 0) is 22.6 Å². The number of thiophene rings is 1. The molecule has 0 spiro atoms. The lowest BCUT2D eigenvalue weighted by atomic mass is 10.1. The van der Waals surface area contributed by atoms with Crippen LogP contribution in [0, 0.1) is 6.92 Å². The molecule has 1 aromatic heterocycles. The van der Waals surface area contributed by atoms with Crippen LogP contribution in [0.5, 0.6) is 0 Å². The van der Waals surface area contributed by atoms with Crippen LogP contribution in [-0.4, -0.2) is 48.4 Å². The van der Waals surface area contributed by atoms with Crippen LogP contribution in [0.1, 0.15) is 32.1 Å². The van der Waals surface area contributed by atoms with Crippen LogP contribution in [0.3, 0.4) is 0 Å². The zero-order valence-corrected chi connectivity index (χ0v) is 21.6. The van der Waals surface area contributed by atoms with Crippen molar-refractivity contribution in [2.24, 2.45) is 0 Å². The Kier molecular flexibility index (Phi) is 9.96. The van der Waals surface area contributed by atoms with E-state index in [-0.39, 0.29) is 18.4 Å². The fourth-order valence-electron chi connectivity index (χ4n) is 3.52. The molecule has 5 nitrogen and oxygen atoms in total. The molecule has 2 amide bonds. The third-order valence-electron chi connectivity index (χ3n) is 5.27. The van der Waals surface area contributed by atoms with Crippen molar-refractivity contribution in [2.45, 2.75) is 26.4 Å². The van der Waals surface area contributed by atoms with Gasteiger partial charge in [0.1, 0.15) is 6.54 Å². The highest BCUT2D eigenvalue weighted by atomic mass is 35.5. The molecule has 180 valence electrons. The van der Waals surface area contributed by atoms with Crippen molar-refractivity contribution in [1.29, 1.82) is 0 Å². The summed E-state index contributed by atoms with van der Waals surface area (Å²) in [5, 5.41) is 0.676. The number of halogens is 2. The number of amides is 2. The van der Waals surface area contributed by atoms with E-state index in [4.69, 9.17) is 27.9 Å². The van der Waals surface area contributed by atoms with Crippen molar-refractivity contribution in [3.05, 3.63) is 91.6 Å². The summed E-state index contributed by atoms with van der Waals surface area (Å²) >= 11 is 13.8. The zero-order chi connectivity index (χ0) is 24.5. The highest BCUT2D eigenvalue weighted by Crippen LogP contribution is 2.24. The van der Waals surface area contributed by atoms with E-state index in [0.29, 0.717) is 48.3 Å². The van der Waals surface area contributed by atoms with Crippen LogP contribution in [0.2, 0.25) is 10.0 Å². The summed E-state index contributed by atoms with van der Waals surface area (Å²) in [6, 6.07) is 18.7. The Balaban J connectivity index is 1.81. The normalized spacial score (nSPS) is 10.8. The van der Waals surface area contributed by atoms with Crippen LogP contribution in [0.4, 0.5) is 0 Å². The first kappa shape index (κ1) is 26.2. The Hall–Kier alpha value is -2.38. The van der Waals surface area contributed by atoms with Crippen LogP contribution in [0.15, 0.2) is 60.7 Å². The average molecular weight is 519 g/mol. The number of rotatable bonds is 11. The molecule has 3 rings (SSSR count). The van der Waals surface area contributed by atoms with Gasteiger partial charge >= 0.3 is 0 Å². The molecule has 0 aliphatic carbocycles. The fourth-order valence-corrected chi connectivity index (χ4v) is 4.73. The van der Waals surface area contributed by atoms with Gasteiger partial charge in [-0.05, 0) is 49.2 Å². The SMILES string of the molecule is COCCCN(CC(=O)N(Cc1ccccc1)Cc1ccc(C)s1)C(=O)c1ccc(Cl)c(Cl)c1. The van der Waals surface area contributed by atoms with Gasteiger partial charge < -0.3 is 14.5 Å². The monoisotopic (exact) mass is 518 g/mol. The lowest BCUT2D eigenvalue weighted by Gasteiger charge is -2.28. The molecule has 8 heteroatoms. The maximum Gasteiger partial charge on any atom is 0.254 e. The molecule has 0 aliphatic rings. The van der Waals surface area contributed by atoms with Gasteiger partial charge in [-0.3, -0.25) is 9.59 Å². The number of hydrogen-bond acceptors (Lipinski definition) is 4. The molecule has 0 atom stereocenters. The second-order valence-electron chi connectivity index (χ2n) is 7.95. The molecule has 0 N–H and O–H groups in total. The minimum atomic E-state index is -0.269. The van der Waals surface area contributed by atoms with Gasteiger partial charge in [-0.2, -0.15) is 0 Å². The van der Waals surface area contributed by atoms with Gasteiger partial charge in [0.2, 0.25) is 5.91 Å². The number of carbonyl (C=O) groups is 2. The number of ether oxygens (including phenoxy) is 1. The van der Waals surface area contributed by atoms with Crippen molar-refractivity contribution >= 4 is 46.4 Å². The molecule has 0 unspecified atom stereocenters. The first-order chi connectivity index (χ1) is 16.4. The molecule has 0 aliphatic heterocycles. The Bertz CT molecular complexity index is 1100. The second-order valence-corrected chi connectivity index (χ2v) is 10.1. The summed E-state index contributed by atoms with van der Waals surface area (Å²) in [4.78, 5) is 32.5. The molecule has 2 aromatic carbocycles. The Labute approximate surface area is 214 Å². The first-order valence-corrected chi connectivity index (χ1v) is 12.5. The molecule has 0 bridgehead atoms. The molecule has 34 heavy (non-hydrogen) atoms. The van der Waals surface area contributed by atoms with Gasteiger partial charge in [0.15, 0.2) is 0 Å². The van der Waals surface area contributed by atoms with Crippen LogP contribution in [0.25, 0.3) is 0 Å². The molecule has 0 fully saturated rings. The number of benzene rings is 2. The number of methoxy groups -OCH3 is 1. The standard InChI is InChI=1S/C26H28Cl2N2O3S/c1-19-9-11-22(34-19)17-30(16-20-7-4-3-5-8-20)25(31)18-29(13-6-14-33-2)26(32)21-10-12-23(27)24(28)15-21/h3-5,7-12,15H,6,13-14,16-18H2,1-2H3. The minimum absolute atomic E-state index is 0.0417. The van der Waals surface area contributed by atoms with Gasteiger partial charge in [0.05, 0.1) is 16.6 Å². The van der Waals surface area contributed by atoms with Gasteiger partial charge in [0, 0.05) is 42.1 Å². The van der Waals surface area contributed by atoms with E-state index in [1.54, 1.807) is 40.4 Å². The molecular weight excluding hydrogens is 491 g/mol. The number of carbonyl (C=O) groups excluding carboxylic acids is 2. The lowest BCUT2D eigenvalue weighted by molar-refractivity contribution is -0.133. The third kappa shape index (κ3) is 7.57. The largest absolute Gasteiger partial charge is 0.385 e. The summed E-state index contributed by atoms with van der Waals surface area (Å²) in [5.41, 5.74) is 1.42. The van der Waals surface area contributed by atoms with Crippen molar-refractivity contribution in [1.82, 2.24) is 9.80 Å². The van der Waals surface area contributed by atoms with Crippen molar-refractivity contribution in [2.75, 3.05) is 26.8 Å². The van der Waals surface area contributed by atoms with E-state index >= 15 is 0 Å². The topological polar surface area (TPSA) is 49.9 Å². The fraction of sp³-hybridized carbons (Fsp3) is 0.308. The van der Waals surface area contributed by atoms with Gasteiger partial charge in [0.25, 0.3) is 5.91 Å². The summed E-state index contributed by atoms with van der Waals surface area (Å²) in [6.07, 6.45) is 0.611. The predicted molar refractivity (Wildman–Crippen MR) is 139 cm³/mol. The highest BCUT2D eigenvalue weighted by molar-refractivity contribution is 7.11. The predicted octanol–water partition coefficient (Wildman–Crippen LogP) is 6.07. The summed E-state index contributed by atoms with van der Waals surface area (Å²) in [5.74, 6) is -0.393. The molecule has 3 aromatic rings. The van der Waals surface area contributed by atoms with E-state index in [1.807, 2.05) is 43.3 Å². The molecule has 0 saturated carbocycles. The number of nitrogens with zero attached hydrogens (tertiary/aromatic N) is 2. The van der Waals surface area contributed by atoms with E-state index < -0.39 is 0 Å². The van der Waals surface area contributed by atoms with E-state index in [1.165, 1.54) is 10.9 Å². The molecule has 0 radical (unpaired) electrons. The Morgan fingerprint density at radius 2 is 1.71 bits per heavy atom. The quantitative estimate of drug-likeness (QED) is 0.289. The third-order valence-corrected chi connectivity index (χ3v) is 6.99. The van der Waals surface area contributed by atoms with Crippen LogP contribution >= 0.6 is 34.5 Å². The van der Waals surface area contributed by atoms with E-state index in [2.05, 4.69) is 6.07 Å². The van der Waals surface area contributed by atoms with E-state index in [9.17, 15) is 9.59 Å². The molecular formula is C26H28Cl2N2O3S. The summed E-state index contributed by atoms with van der Waals surface area (Å²) in [6.45, 7) is 3.82. The van der Waals surface area contributed by atoms with Gasteiger partial charge in [-0.25, -0.2) is 0 Å².